The van der Waals surface area contributed by atoms with Gasteiger partial charge in [-0.1, -0.05) is 47.8 Å². The molecule has 2 rings (SSSR count). The summed E-state index contributed by atoms with van der Waals surface area (Å²) in [6.45, 7) is 12.4. The maximum atomic E-state index is 11.2. The molecular weight excluding hydrogens is 334 g/mol. The molecular formula is C20H38O2P2. The maximum absolute atomic E-state index is 11.2. The van der Waals surface area contributed by atoms with Crippen molar-refractivity contribution >= 4 is 17.4 Å². The lowest BCUT2D eigenvalue weighted by atomic mass is 9.45. The molecule has 6 atom stereocenters. The van der Waals surface area contributed by atoms with Crippen LogP contribution < -0.4 is 0 Å². The normalized spacial score (nSPS) is 40.0. The zero-order valence-corrected chi connectivity index (χ0v) is 18.5. The van der Waals surface area contributed by atoms with Gasteiger partial charge in [-0.15, -0.1) is 0 Å². The number of rotatable bonds is 6. The second-order valence-corrected chi connectivity index (χ2v) is 10.6. The van der Waals surface area contributed by atoms with Crippen molar-refractivity contribution in [2.45, 2.75) is 85.2 Å². The zero-order valence-electron chi connectivity index (χ0n) is 16.3. The Balaban J connectivity index is 2.13. The minimum Gasteiger partial charge on any atom is -0.390 e. The molecule has 2 aliphatic rings. The van der Waals surface area contributed by atoms with Crippen LogP contribution in [-0.4, -0.2) is 17.3 Å². The summed E-state index contributed by atoms with van der Waals surface area (Å²) >= 11 is 0. The maximum Gasteiger partial charge on any atom is 0.0693 e. The van der Waals surface area contributed by atoms with Gasteiger partial charge in [-0.25, -0.2) is 0 Å². The molecule has 2 nitrogen and oxygen atoms in total. The van der Waals surface area contributed by atoms with Crippen LogP contribution in [0.4, 0.5) is 0 Å². The molecule has 0 aromatic rings. The summed E-state index contributed by atoms with van der Waals surface area (Å²) in [6, 6.07) is 0. The molecule has 0 amide bonds. The summed E-state index contributed by atoms with van der Waals surface area (Å²) in [5, 5.41) is 11.2. The molecule has 0 heterocycles. The Morgan fingerprint density at radius 1 is 1.25 bits per heavy atom. The molecule has 0 bridgehead atoms. The second kappa shape index (κ2) is 8.04. The van der Waals surface area contributed by atoms with Crippen LogP contribution in [0.3, 0.4) is 0 Å². The van der Waals surface area contributed by atoms with Crippen LogP contribution in [0.1, 0.15) is 79.6 Å². The van der Waals surface area contributed by atoms with Crippen molar-refractivity contribution in [2.75, 3.05) is 6.61 Å². The van der Waals surface area contributed by atoms with E-state index in [0.717, 1.165) is 25.2 Å². The van der Waals surface area contributed by atoms with E-state index in [2.05, 4.69) is 49.6 Å². The van der Waals surface area contributed by atoms with Crippen molar-refractivity contribution in [1.82, 2.24) is 0 Å². The molecule has 6 unspecified atom stereocenters. The number of allylic oxidation sites excluding steroid dienone is 1. The Labute approximate surface area is 153 Å². The molecule has 2 fully saturated rings. The minimum atomic E-state index is -0.517. The first-order chi connectivity index (χ1) is 11.1. The molecule has 0 saturated heterocycles. The minimum absolute atomic E-state index is 0.279. The van der Waals surface area contributed by atoms with E-state index in [0.29, 0.717) is 26.4 Å². The van der Waals surface area contributed by atoms with Gasteiger partial charge in [0.05, 0.1) is 12.2 Å². The summed E-state index contributed by atoms with van der Waals surface area (Å²) in [6.07, 6.45) is 10.5. The molecule has 0 spiro atoms. The van der Waals surface area contributed by atoms with Crippen LogP contribution in [0.5, 0.6) is 0 Å². The van der Waals surface area contributed by atoms with E-state index in [1.54, 1.807) is 0 Å². The number of fused-ring (bicyclic) bond motifs is 1. The smallest absolute Gasteiger partial charge is 0.0693 e. The average molecular weight is 372 g/mol. The largest absolute Gasteiger partial charge is 0.390 e. The molecule has 0 radical (unpaired) electrons. The third-order valence-corrected chi connectivity index (χ3v) is 8.02. The van der Waals surface area contributed by atoms with Gasteiger partial charge in [-0.05, 0) is 75.0 Å². The number of aliphatic hydroxyl groups is 1. The summed E-state index contributed by atoms with van der Waals surface area (Å²) in [5.74, 6) is 1.14. The van der Waals surface area contributed by atoms with Crippen molar-refractivity contribution in [3.05, 3.63) is 11.6 Å². The fraction of sp³-hybridized carbons (Fsp3) is 0.900. The lowest BCUT2D eigenvalue weighted by Crippen LogP contribution is -2.57. The molecule has 1 N–H and O–H groups in total. The third kappa shape index (κ3) is 4.43. The van der Waals surface area contributed by atoms with Gasteiger partial charge in [0.15, 0.2) is 0 Å². The topological polar surface area (TPSA) is 29.5 Å². The van der Waals surface area contributed by atoms with Gasteiger partial charge in [0.2, 0.25) is 0 Å². The summed E-state index contributed by atoms with van der Waals surface area (Å²) < 4.78 is 5.43. The van der Waals surface area contributed by atoms with Crippen molar-refractivity contribution in [2.24, 2.45) is 22.7 Å². The van der Waals surface area contributed by atoms with Gasteiger partial charge < -0.3 is 9.63 Å². The van der Waals surface area contributed by atoms with E-state index in [1.807, 2.05) is 0 Å². The highest BCUT2D eigenvalue weighted by atomic mass is 32.0. The van der Waals surface area contributed by atoms with Crippen LogP contribution in [0.25, 0.3) is 0 Å². The van der Waals surface area contributed by atoms with Gasteiger partial charge in [0.1, 0.15) is 0 Å². The molecule has 0 aromatic heterocycles. The molecule has 140 valence electrons. The standard InChI is InChI=1S/C20H38O2P2/c1-15(10-14-22-24-23)7-8-17-19(4)12-6-11-18(2,3)16(19)9-13-20(17,5)21/h10,16-17,21,24H,6-9,11-14,23H2,1-5H3/b15-10-. The van der Waals surface area contributed by atoms with Gasteiger partial charge >= 0.3 is 0 Å². The molecule has 4 heteroatoms. The van der Waals surface area contributed by atoms with Gasteiger partial charge in [0, 0.05) is 8.50 Å². The second-order valence-electron chi connectivity index (χ2n) is 9.37. The molecule has 2 saturated carbocycles. The molecule has 0 aliphatic heterocycles. The molecule has 24 heavy (non-hydrogen) atoms. The van der Waals surface area contributed by atoms with E-state index in [9.17, 15) is 5.11 Å². The van der Waals surface area contributed by atoms with E-state index >= 15 is 0 Å². The van der Waals surface area contributed by atoms with Gasteiger partial charge in [-0.2, -0.15) is 0 Å². The van der Waals surface area contributed by atoms with E-state index in [-0.39, 0.29) is 5.41 Å². The van der Waals surface area contributed by atoms with Crippen molar-refractivity contribution in [3.8, 4) is 0 Å². The first kappa shape index (κ1) is 20.8. The van der Waals surface area contributed by atoms with E-state index < -0.39 is 5.60 Å². The van der Waals surface area contributed by atoms with Crippen molar-refractivity contribution in [1.29, 1.82) is 0 Å². The predicted molar refractivity (Wildman–Crippen MR) is 110 cm³/mol. The van der Waals surface area contributed by atoms with Gasteiger partial charge in [0.25, 0.3) is 0 Å². The van der Waals surface area contributed by atoms with Crippen LogP contribution in [0.2, 0.25) is 0 Å². The summed E-state index contributed by atoms with van der Waals surface area (Å²) in [4.78, 5) is 0. The Bertz CT molecular complexity index is 459. The van der Waals surface area contributed by atoms with Crippen LogP contribution in [0.15, 0.2) is 11.6 Å². The summed E-state index contributed by atoms with van der Waals surface area (Å²) in [5.41, 5.74) is 1.58. The highest BCUT2D eigenvalue weighted by molar-refractivity contribution is 8.00. The van der Waals surface area contributed by atoms with E-state index in [1.165, 1.54) is 31.3 Å². The van der Waals surface area contributed by atoms with Crippen molar-refractivity contribution in [3.63, 3.8) is 0 Å². The quantitative estimate of drug-likeness (QED) is 0.346. The van der Waals surface area contributed by atoms with Crippen molar-refractivity contribution < 1.29 is 9.63 Å². The summed E-state index contributed by atoms with van der Waals surface area (Å²) in [7, 11) is 3.10. The molecule has 2 aliphatic carbocycles. The number of hydrogen-bond donors (Lipinski definition) is 1. The van der Waals surface area contributed by atoms with E-state index in [4.69, 9.17) is 4.52 Å². The Morgan fingerprint density at radius 3 is 2.62 bits per heavy atom. The van der Waals surface area contributed by atoms with Crippen LogP contribution in [-0.2, 0) is 4.52 Å². The monoisotopic (exact) mass is 372 g/mol. The lowest BCUT2D eigenvalue weighted by Gasteiger charge is -2.61. The SMILES string of the molecule is C/C(=C/COPP)CCC1C(C)(O)CCC2C(C)(C)CCCC21C. The number of hydrogen-bond acceptors (Lipinski definition) is 2. The Kier molecular flexibility index (Phi) is 6.98. The fourth-order valence-electron chi connectivity index (χ4n) is 5.97. The van der Waals surface area contributed by atoms with Gasteiger partial charge in [-0.3, -0.25) is 0 Å². The fourth-order valence-corrected chi connectivity index (χ4v) is 6.44. The lowest BCUT2D eigenvalue weighted by molar-refractivity contribution is -0.168. The predicted octanol–water partition coefficient (Wildman–Crippen LogP) is 6.11. The first-order valence-corrected chi connectivity index (χ1v) is 12.3. The Morgan fingerprint density at radius 2 is 1.96 bits per heavy atom. The first-order valence-electron chi connectivity index (χ1n) is 9.59. The third-order valence-electron chi connectivity index (χ3n) is 7.19. The van der Waals surface area contributed by atoms with Crippen LogP contribution >= 0.6 is 17.4 Å². The molecule has 0 aromatic carbocycles. The van der Waals surface area contributed by atoms with Crippen LogP contribution in [0, 0.1) is 22.7 Å². The Hall–Kier alpha value is 0.520. The average Bonchev–Trinajstić information content (AvgIpc) is 2.45. The highest BCUT2D eigenvalue weighted by Crippen LogP contribution is 2.62. The highest BCUT2D eigenvalue weighted by Gasteiger charge is 2.57. The zero-order chi connectivity index (χ0) is 18.0.